The summed E-state index contributed by atoms with van der Waals surface area (Å²) in [4.78, 5) is -0.417. The third kappa shape index (κ3) is 2.21. The summed E-state index contributed by atoms with van der Waals surface area (Å²) >= 11 is 0. The predicted molar refractivity (Wildman–Crippen MR) is 51.7 cm³/mol. The number of halogens is 1. The maximum absolute atomic E-state index is 13.1. The van der Waals surface area contributed by atoms with Crippen molar-refractivity contribution >= 4 is 15.7 Å². The fourth-order valence-electron chi connectivity index (χ4n) is 0.994. The van der Waals surface area contributed by atoms with E-state index in [1.807, 2.05) is 0 Å². The molecule has 1 aromatic rings. The highest BCUT2D eigenvalue weighted by molar-refractivity contribution is 7.89. The van der Waals surface area contributed by atoms with Crippen LogP contribution in [0.3, 0.4) is 0 Å². The van der Waals surface area contributed by atoms with E-state index in [0.29, 0.717) is 0 Å². The Bertz CT molecular complexity index is 431. The lowest BCUT2D eigenvalue weighted by atomic mass is 10.3. The minimum absolute atomic E-state index is 0.205. The zero-order valence-electron chi connectivity index (χ0n) is 7.62. The lowest BCUT2D eigenvalue weighted by Gasteiger charge is -2.05. The van der Waals surface area contributed by atoms with Crippen LogP contribution in [0.15, 0.2) is 23.1 Å². The minimum Gasteiger partial charge on any atom is -0.399 e. The SMILES string of the molecule is CCNS(=O)(=O)c1cc(N)ccc1F. The molecule has 78 valence electrons. The fourth-order valence-corrected chi connectivity index (χ4v) is 2.15. The molecule has 0 aliphatic rings. The van der Waals surface area contributed by atoms with Gasteiger partial charge in [-0.2, -0.15) is 0 Å². The van der Waals surface area contributed by atoms with Gasteiger partial charge in [-0.1, -0.05) is 6.92 Å². The lowest BCUT2D eigenvalue weighted by molar-refractivity contribution is 0.559. The molecular formula is C8H11FN2O2S. The molecule has 0 aliphatic carbocycles. The average Bonchev–Trinajstić information content (AvgIpc) is 2.09. The summed E-state index contributed by atoms with van der Waals surface area (Å²) in [5.74, 6) is -0.805. The molecule has 0 aromatic heterocycles. The summed E-state index contributed by atoms with van der Waals surface area (Å²) in [5, 5.41) is 0. The normalized spacial score (nSPS) is 11.6. The molecule has 0 atom stereocenters. The van der Waals surface area contributed by atoms with Gasteiger partial charge in [-0.15, -0.1) is 0 Å². The van der Waals surface area contributed by atoms with Crippen molar-refractivity contribution in [2.45, 2.75) is 11.8 Å². The van der Waals surface area contributed by atoms with Gasteiger partial charge in [0.25, 0.3) is 0 Å². The van der Waals surface area contributed by atoms with Crippen LogP contribution in [0.4, 0.5) is 10.1 Å². The largest absolute Gasteiger partial charge is 0.399 e. The molecule has 0 heterocycles. The number of benzene rings is 1. The van der Waals surface area contributed by atoms with Crippen molar-refractivity contribution in [2.75, 3.05) is 12.3 Å². The molecule has 14 heavy (non-hydrogen) atoms. The van der Waals surface area contributed by atoms with Crippen molar-refractivity contribution in [3.63, 3.8) is 0 Å². The van der Waals surface area contributed by atoms with Crippen LogP contribution < -0.4 is 10.5 Å². The topological polar surface area (TPSA) is 72.2 Å². The smallest absolute Gasteiger partial charge is 0.243 e. The van der Waals surface area contributed by atoms with Gasteiger partial charge in [-0.05, 0) is 18.2 Å². The highest BCUT2D eigenvalue weighted by atomic mass is 32.2. The van der Waals surface area contributed by atoms with Crippen LogP contribution in [0.2, 0.25) is 0 Å². The molecule has 0 aliphatic heterocycles. The predicted octanol–water partition coefficient (Wildman–Crippen LogP) is 0.706. The monoisotopic (exact) mass is 218 g/mol. The van der Waals surface area contributed by atoms with Gasteiger partial charge in [0.2, 0.25) is 10.0 Å². The van der Waals surface area contributed by atoms with E-state index in [1.165, 1.54) is 6.07 Å². The van der Waals surface area contributed by atoms with Gasteiger partial charge in [0.1, 0.15) is 10.7 Å². The van der Waals surface area contributed by atoms with Crippen molar-refractivity contribution in [1.82, 2.24) is 4.72 Å². The molecule has 0 saturated carbocycles. The summed E-state index contributed by atoms with van der Waals surface area (Å²) in [6.45, 7) is 1.82. The van der Waals surface area contributed by atoms with E-state index >= 15 is 0 Å². The zero-order chi connectivity index (χ0) is 10.8. The number of nitrogens with one attached hydrogen (secondary N) is 1. The first-order valence-corrected chi connectivity index (χ1v) is 5.50. The van der Waals surface area contributed by atoms with Gasteiger partial charge in [0, 0.05) is 12.2 Å². The van der Waals surface area contributed by atoms with E-state index in [1.54, 1.807) is 6.92 Å². The van der Waals surface area contributed by atoms with E-state index in [-0.39, 0.29) is 12.2 Å². The second kappa shape index (κ2) is 3.93. The molecule has 0 spiro atoms. The van der Waals surface area contributed by atoms with Crippen LogP contribution in [-0.2, 0) is 10.0 Å². The summed E-state index contributed by atoms with van der Waals surface area (Å²) < 4.78 is 38.1. The lowest BCUT2D eigenvalue weighted by Crippen LogP contribution is -2.24. The van der Waals surface area contributed by atoms with Gasteiger partial charge in [-0.3, -0.25) is 0 Å². The number of rotatable bonds is 3. The first-order chi connectivity index (χ1) is 6.47. The number of nitrogens with two attached hydrogens (primary N) is 1. The summed E-state index contributed by atoms with van der Waals surface area (Å²) in [6.07, 6.45) is 0. The Morgan fingerprint density at radius 3 is 2.71 bits per heavy atom. The highest BCUT2D eigenvalue weighted by Crippen LogP contribution is 2.16. The van der Waals surface area contributed by atoms with Crippen molar-refractivity contribution in [2.24, 2.45) is 0 Å². The molecule has 0 fully saturated rings. The molecule has 3 N–H and O–H groups in total. The standard InChI is InChI=1S/C8H11FN2O2S/c1-2-11-14(12,13)8-5-6(10)3-4-7(8)9/h3-5,11H,2,10H2,1H3. The maximum atomic E-state index is 13.1. The molecule has 1 rings (SSSR count). The van der Waals surface area contributed by atoms with E-state index in [0.717, 1.165) is 12.1 Å². The quantitative estimate of drug-likeness (QED) is 0.734. The third-order valence-electron chi connectivity index (χ3n) is 1.58. The number of hydrogen-bond donors (Lipinski definition) is 2. The van der Waals surface area contributed by atoms with Crippen molar-refractivity contribution in [3.05, 3.63) is 24.0 Å². The number of sulfonamides is 1. The Hall–Kier alpha value is -1.14. The van der Waals surface area contributed by atoms with Crippen LogP contribution in [0.25, 0.3) is 0 Å². The highest BCUT2D eigenvalue weighted by Gasteiger charge is 2.17. The first-order valence-electron chi connectivity index (χ1n) is 4.02. The number of nitrogen functional groups attached to an aromatic ring is 1. The Morgan fingerprint density at radius 2 is 2.14 bits per heavy atom. The molecular weight excluding hydrogens is 207 g/mol. The van der Waals surface area contributed by atoms with E-state index in [2.05, 4.69) is 4.72 Å². The third-order valence-corrected chi connectivity index (χ3v) is 3.14. The fraction of sp³-hybridized carbons (Fsp3) is 0.250. The molecule has 0 bridgehead atoms. The van der Waals surface area contributed by atoms with Crippen molar-refractivity contribution in [1.29, 1.82) is 0 Å². The first kappa shape index (κ1) is 10.9. The number of anilines is 1. The Balaban J connectivity index is 3.25. The van der Waals surface area contributed by atoms with Gasteiger partial charge >= 0.3 is 0 Å². The molecule has 0 radical (unpaired) electrons. The molecule has 0 unspecified atom stereocenters. The average molecular weight is 218 g/mol. The van der Waals surface area contributed by atoms with Gasteiger partial charge in [0.15, 0.2) is 0 Å². The Labute approximate surface area is 82.0 Å². The minimum atomic E-state index is -3.77. The summed E-state index contributed by atoms with van der Waals surface area (Å²) in [7, 11) is -3.77. The van der Waals surface area contributed by atoms with Crippen LogP contribution in [0.1, 0.15) is 6.92 Å². The van der Waals surface area contributed by atoms with Crippen LogP contribution in [-0.4, -0.2) is 15.0 Å². The maximum Gasteiger partial charge on any atom is 0.243 e. The molecule has 6 heteroatoms. The molecule has 0 amide bonds. The van der Waals surface area contributed by atoms with Gasteiger partial charge in [0.05, 0.1) is 0 Å². The Kier molecular flexibility index (Phi) is 3.07. The van der Waals surface area contributed by atoms with E-state index in [9.17, 15) is 12.8 Å². The van der Waals surface area contributed by atoms with Crippen molar-refractivity contribution in [3.8, 4) is 0 Å². The second-order valence-electron chi connectivity index (χ2n) is 2.69. The summed E-state index contributed by atoms with van der Waals surface area (Å²) in [6, 6.07) is 3.42. The van der Waals surface area contributed by atoms with Crippen molar-refractivity contribution < 1.29 is 12.8 Å². The van der Waals surface area contributed by atoms with Crippen LogP contribution in [0, 0.1) is 5.82 Å². The van der Waals surface area contributed by atoms with E-state index in [4.69, 9.17) is 5.73 Å². The second-order valence-corrected chi connectivity index (χ2v) is 4.43. The summed E-state index contributed by atoms with van der Waals surface area (Å²) in [5.41, 5.74) is 5.57. The molecule has 4 nitrogen and oxygen atoms in total. The zero-order valence-corrected chi connectivity index (χ0v) is 8.44. The van der Waals surface area contributed by atoms with Crippen LogP contribution >= 0.6 is 0 Å². The van der Waals surface area contributed by atoms with Gasteiger partial charge in [-0.25, -0.2) is 17.5 Å². The van der Waals surface area contributed by atoms with Gasteiger partial charge < -0.3 is 5.73 Å². The Morgan fingerprint density at radius 1 is 1.50 bits per heavy atom. The van der Waals surface area contributed by atoms with E-state index < -0.39 is 20.7 Å². The molecule has 1 aromatic carbocycles. The molecule has 0 saturated heterocycles. The number of hydrogen-bond acceptors (Lipinski definition) is 3. The van der Waals surface area contributed by atoms with Crippen LogP contribution in [0.5, 0.6) is 0 Å².